The molecule has 0 spiro atoms. The van der Waals surface area contributed by atoms with Gasteiger partial charge in [-0.1, -0.05) is 52.7 Å². The molecule has 2 aromatic carbocycles. The molecule has 0 bridgehead atoms. The fourth-order valence-electron chi connectivity index (χ4n) is 3.16. The first kappa shape index (κ1) is 19.7. The maximum Gasteiger partial charge on any atom is 0.223 e. The van der Waals surface area contributed by atoms with E-state index >= 15 is 0 Å². The molecule has 0 radical (unpaired) electrons. The molecule has 29 heavy (non-hydrogen) atoms. The van der Waals surface area contributed by atoms with Gasteiger partial charge < -0.3 is 9.64 Å². The largest absolute Gasteiger partial charge is 0.487 e. The molecule has 1 aliphatic rings. The first-order valence-corrected chi connectivity index (χ1v) is 10.1. The van der Waals surface area contributed by atoms with Gasteiger partial charge in [0.05, 0.1) is 22.3 Å². The van der Waals surface area contributed by atoms with Crippen molar-refractivity contribution in [2.45, 2.75) is 25.5 Å². The van der Waals surface area contributed by atoms with Gasteiger partial charge in [-0.2, -0.15) is 0 Å². The Hall–Kier alpha value is -2.57. The van der Waals surface area contributed by atoms with Crippen LogP contribution in [0.15, 0.2) is 54.7 Å². The highest BCUT2D eigenvalue weighted by Gasteiger charge is 2.32. The number of benzene rings is 2. The molecule has 0 N–H and O–H groups in total. The number of hydrogen-bond donors (Lipinski definition) is 0. The Kier molecular flexibility index (Phi) is 6.02. The third kappa shape index (κ3) is 4.89. The van der Waals surface area contributed by atoms with Gasteiger partial charge >= 0.3 is 0 Å². The predicted octanol–water partition coefficient (Wildman–Crippen LogP) is 4.18. The van der Waals surface area contributed by atoms with Gasteiger partial charge in [0.2, 0.25) is 5.91 Å². The number of aryl methyl sites for hydroxylation is 1. The maximum absolute atomic E-state index is 12.4. The standard InChI is InChI=1S/C21H20Cl2N4O2/c22-19-8-6-15(10-20(19)23)7-9-21(28)26-12-17(13-26)27-11-16(24-25-27)14-29-18-4-2-1-3-5-18/h1-6,8,10-11,17H,7,9,12-14H2. The number of carbonyl (C=O) groups excluding carboxylic acids is 1. The van der Waals surface area contributed by atoms with Crippen LogP contribution >= 0.6 is 23.2 Å². The lowest BCUT2D eigenvalue weighted by Crippen LogP contribution is -2.51. The molecule has 0 unspecified atom stereocenters. The Bertz CT molecular complexity index is 987. The molecule has 8 heteroatoms. The van der Waals surface area contributed by atoms with Crippen LogP contribution in [0.1, 0.15) is 23.7 Å². The molecule has 6 nitrogen and oxygen atoms in total. The van der Waals surface area contributed by atoms with Gasteiger partial charge in [-0.05, 0) is 36.2 Å². The predicted molar refractivity (Wildman–Crippen MR) is 111 cm³/mol. The molecule has 3 aromatic rings. The summed E-state index contributed by atoms with van der Waals surface area (Å²) in [4.78, 5) is 14.2. The quantitative estimate of drug-likeness (QED) is 0.563. The van der Waals surface area contributed by atoms with Crippen LogP contribution in [-0.2, 0) is 17.8 Å². The van der Waals surface area contributed by atoms with Crippen molar-refractivity contribution in [1.82, 2.24) is 19.9 Å². The maximum atomic E-state index is 12.4. The van der Waals surface area contributed by atoms with Crippen LogP contribution in [0, 0.1) is 0 Å². The lowest BCUT2D eigenvalue weighted by molar-refractivity contribution is -0.137. The van der Waals surface area contributed by atoms with Gasteiger partial charge in [-0.15, -0.1) is 5.10 Å². The van der Waals surface area contributed by atoms with Crippen LogP contribution in [0.2, 0.25) is 10.0 Å². The smallest absolute Gasteiger partial charge is 0.223 e. The molecule has 0 atom stereocenters. The van der Waals surface area contributed by atoms with Crippen molar-refractivity contribution >= 4 is 29.1 Å². The molecule has 1 fully saturated rings. The number of para-hydroxylation sites is 1. The van der Waals surface area contributed by atoms with Gasteiger partial charge in [0.25, 0.3) is 0 Å². The second-order valence-electron chi connectivity index (χ2n) is 6.99. The van der Waals surface area contributed by atoms with E-state index < -0.39 is 0 Å². The first-order valence-electron chi connectivity index (χ1n) is 9.39. The molecule has 4 rings (SSSR count). The van der Waals surface area contributed by atoms with Gasteiger partial charge in [-0.25, -0.2) is 4.68 Å². The molecular weight excluding hydrogens is 411 g/mol. The number of hydrogen-bond acceptors (Lipinski definition) is 4. The van der Waals surface area contributed by atoms with E-state index in [0.717, 1.165) is 17.0 Å². The summed E-state index contributed by atoms with van der Waals surface area (Å²) in [5.41, 5.74) is 1.77. The van der Waals surface area contributed by atoms with E-state index in [0.29, 0.717) is 42.6 Å². The summed E-state index contributed by atoms with van der Waals surface area (Å²) < 4.78 is 7.50. The number of halogens is 2. The minimum absolute atomic E-state index is 0.125. The van der Waals surface area contributed by atoms with Crippen LogP contribution in [-0.4, -0.2) is 38.9 Å². The highest BCUT2D eigenvalue weighted by molar-refractivity contribution is 6.42. The molecule has 1 amide bonds. The van der Waals surface area contributed by atoms with Crippen LogP contribution in [0.3, 0.4) is 0 Å². The van der Waals surface area contributed by atoms with Gasteiger partial charge in [0, 0.05) is 19.5 Å². The van der Waals surface area contributed by atoms with E-state index in [1.165, 1.54) is 0 Å². The minimum Gasteiger partial charge on any atom is -0.487 e. The monoisotopic (exact) mass is 430 g/mol. The topological polar surface area (TPSA) is 60.2 Å². The number of rotatable bonds is 7. The lowest BCUT2D eigenvalue weighted by Gasteiger charge is -2.39. The van der Waals surface area contributed by atoms with Crippen LogP contribution in [0.5, 0.6) is 5.75 Å². The fourth-order valence-corrected chi connectivity index (χ4v) is 3.48. The zero-order valence-corrected chi connectivity index (χ0v) is 17.2. The lowest BCUT2D eigenvalue weighted by atomic mass is 10.1. The second-order valence-corrected chi connectivity index (χ2v) is 7.81. The van der Waals surface area contributed by atoms with E-state index in [1.807, 2.05) is 58.2 Å². The zero-order valence-electron chi connectivity index (χ0n) is 15.7. The Morgan fingerprint density at radius 3 is 2.66 bits per heavy atom. The van der Waals surface area contributed by atoms with Crippen molar-refractivity contribution in [3.63, 3.8) is 0 Å². The number of nitrogens with zero attached hydrogens (tertiary/aromatic N) is 4. The van der Waals surface area contributed by atoms with E-state index in [1.54, 1.807) is 6.07 Å². The Balaban J connectivity index is 1.22. The second kappa shape index (κ2) is 8.84. The molecule has 1 aromatic heterocycles. The van der Waals surface area contributed by atoms with Crippen molar-refractivity contribution in [3.05, 3.63) is 76.0 Å². The van der Waals surface area contributed by atoms with Crippen molar-refractivity contribution in [1.29, 1.82) is 0 Å². The highest BCUT2D eigenvalue weighted by atomic mass is 35.5. The number of amides is 1. The summed E-state index contributed by atoms with van der Waals surface area (Å²) in [6, 6.07) is 15.2. The Morgan fingerprint density at radius 2 is 1.90 bits per heavy atom. The molecule has 0 aliphatic carbocycles. The number of carbonyl (C=O) groups is 1. The third-order valence-electron chi connectivity index (χ3n) is 4.89. The number of likely N-dealkylation sites (tertiary alicyclic amines) is 1. The summed E-state index contributed by atoms with van der Waals surface area (Å²) in [7, 11) is 0. The fraction of sp³-hybridized carbons (Fsp3) is 0.286. The van der Waals surface area contributed by atoms with E-state index in [4.69, 9.17) is 27.9 Å². The Morgan fingerprint density at radius 1 is 1.10 bits per heavy atom. The number of aromatic nitrogens is 3. The number of ether oxygens (including phenoxy) is 1. The van der Waals surface area contributed by atoms with E-state index in [9.17, 15) is 4.79 Å². The first-order chi connectivity index (χ1) is 14.1. The molecule has 1 saturated heterocycles. The van der Waals surface area contributed by atoms with Crippen molar-refractivity contribution in [3.8, 4) is 5.75 Å². The van der Waals surface area contributed by atoms with Gasteiger partial charge in [-0.3, -0.25) is 4.79 Å². The summed E-state index contributed by atoms with van der Waals surface area (Å²) >= 11 is 11.9. The van der Waals surface area contributed by atoms with E-state index in [-0.39, 0.29) is 11.9 Å². The molecule has 2 heterocycles. The molecule has 150 valence electrons. The Labute approximate surface area is 179 Å². The van der Waals surface area contributed by atoms with Crippen molar-refractivity contribution < 1.29 is 9.53 Å². The van der Waals surface area contributed by atoms with Crippen molar-refractivity contribution in [2.75, 3.05) is 13.1 Å². The summed E-state index contributed by atoms with van der Waals surface area (Å²) in [5, 5.41) is 9.37. The molecule has 0 saturated carbocycles. The zero-order chi connectivity index (χ0) is 20.2. The normalized spacial score (nSPS) is 13.9. The third-order valence-corrected chi connectivity index (χ3v) is 5.63. The minimum atomic E-state index is 0.125. The van der Waals surface area contributed by atoms with Crippen molar-refractivity contribution in [2.24, 2.45) is 0 Å². The van der Waals surface area contributed by atoms with Crippen LogP contribution in [0.4, 0.5) is 0 Å². The average molecular weight is 431 g/mol. The molecule has 1 aliphatic heterocycles. The van der Waals surface area contributed by atoms with Crippen LogP contribution in [0.25, 0.3) is 0 Å². The summed E-state index contributed by atoms with van der Waals surface area (Å²) in [6.45, 7) is 1.65. The summed E-state index contributed by atoms with van der Waals surface area (Å²) in [6.07, 6.45) is 2.96. The summed E-state index contributed by atoms with van der Waals surface area (Å²) in [5.74, 6) is 0.921. The van der Waals surface area contributed by atoms with E-state index in [2.05, 4.69) is 10.3 Å². The highest BCUT2D eigenvalue weighted by Crippen LogP contribution is 2.25. The SMILES string of the molecule is O=C(CCc1ccc(Cl)c(Cl)c1)N1CC(n2cc(COc3ccccc3)nn2)C1. The van der Waals surface area contributed by atoms with Gasteiger partial charge in [0.15, 0.2) is 0 Å². The van der Waals surface area contributed by atoms with Crippen LogP contribution < -0.4 is 4.74 Å². The molecular formula is C21H20Cl2N4O2. The van der Waals surface area contributed by atoms with Gasteiger partial charge in [0.1, 0.15) is 18.1 Å². The average Bonchev–Trinajstić information content (AvgIpc) is 3.15.